The number of piperidine rings is 1. The van der Waals surface area contributed by atoms with Gasteiger partial charge in [-0.25, -0.2) is 0 Å². The Balaban J connectivity index is 1.02. The van der Waals surface area contributed by atoms with Crippen LogP contribution in [0, 0.1) is 23.7 Å². The molecular formula is C23H28N4O4. The van der Waals surface area contributed by atoms with E-state index in [1.54, 1.807) is 18.5 Å². The average molecular weight is 425 g/mol. The van der Waals surface area contributed by atoms with Crippen molar-refractivity contribution in [3.8, 4) is 11.3 Å². The van der Waals surface area contributed by atoms with Crippen molar-refractivity contribution in [1.82, 2.24) is 20.4 Å². The van der Waals surface area contributed by atoms with E-state index in [2.05, 4.69) is 20.4 Å². The van der Waals surface area contributed by atoms with Crippen molar-refractivity contribution in [2.75, 3.05) is 32.8 Å². The third kappa shape index (κ3) is 4.49. The van der Waals surface area contributed by atoms with Gasteiger partial charge in [0.05, 0.1) is 0 Å². The molecule has 3 aliphatic rings. The highest BCUT2D eigenvalue weighted by Gasteiger charge is 2.55. The number of hydrogen-bond donors (Lipinski definition) is 1. The molecule has 0 radical (unpaired) electrons. The fourth-order valence-corrected chi connectivity index (χ4v) is 5.08. The van der Waals surface area contributed by atoms with Crippen LogP contribution in [0.3, 0.4) is 0 Å². The van der Waals surface area contributed by atoms with E-state index in [0.717, 1.165) is 51.1 Å². The monoisotopic (exact) mass is 424 g/mol. The maximum Gasteiger partial charge on any atom is 0.273 e. The summed E-state index contributed by atoms with van der Waals surface area (Å²) in [7, 11) is 0. The molecule has 2 saturated heterocycles. The molecule has 0 spiro atoms. The van der Waals surface area contributed by atoms with Crippen LogP contribution in [-0.4, -0.2) is 59.7 Å². The summed E-state index contributed by atoms with van der Waals surface area (Å²) in [6, 6.07) is 5.31. The van der Waals surface area contributed by atoms with Gasteiger partial charge in [0.2, 0.25) is 5.91 Å². The number of hydrogen-bond acceptors (Lipinski definition) is 6. The third-order valence-corrected chi connectivity index (χ3v) is 6.98. The van der Waals surface area contributed by atoms with E-state index in [1.807, 2.05) is 12.1 Å². The van der Waals surface area contributed by atoms with E-state index < -0.39 is 0 Å². The summed E-state index contributed by atoms with van der Waals surface area (Å²) in [4.78, 5) is 31.0. The number of pyridine rings is 1. The molecule has 164 valence electrons. The molecule has 1 aliphatic carbocycles. The Morgan fingerprint density at radius 2 is 2.00 bits per heavy atom. The zero-order valence-electron chi connectivity index (χ0n) is 17.5. The van der Waals surface area contributed by atoms with E-state index in [4.69, 9.17) is 9.26 Å². The molecular weight excluding hydrogens is 396 g/mol. The van der Waals surface area contributed by atoms with Crippen molar-refractivity contribution in [3.05, 3.63) is 36.3 Å². The van der Waals surface area contributed by atoms with E-state index in [0.29, 0.717) is 48.3 Å². The van der Waals surface area contributed by atoms with Gasteiger partial charge in [-0.1, -0.05) is 5.16 Å². The fraction of sp³-hybridized carbons (Fsp3) is 0.565. The molecule has 0 aromatic carbocycles. The highest BCUT2D eigenvalue weighted by atomic mass is 16.5. The maximum atomic E-state index is 12.6. The molecule has 1 N–H and O–H groups in total. The van der Waals surface area contributed by atoms with Gasteiger partial charge in [-0.15, -0.1) is 0 Å². The predicted molar refractivity (Wildman–Crippen MR) is 112 cm³/mol. The van der Waals surface area contributed by atoms with Crippen LogP contribution >= 0.6 is 0 Å². The number of carbonyl (C=O) groups is 2. The van der Waals surface area contributed by atoms with E-state index in [9.17, 15) is 9.59 Å². The van der Waals surface area contributed by atoms with Gasteiger partial charge in [0.15, 0.2) is 11.5 Å². The van der Waals surface area contributed by atoms with Gasteiger partial charge in [-0.3, -0.25) is 14.6 Å². The van der Waals surface area contributed by atoms with E-state index in [-0.39, 0.29) is 11.6 Å². The zero-order chi connectivity index (χ0) is 21.2. The number of aromatic nitrogens is 2. The lowest BCUT2D eigenvalue weighted by molar-refractivity contribution is -0.132. The second-order valence-corrected chi connectivity index (χ2v) is 8.91. The molecule has 2 aromatic heterocycles. The molecule has 1 saturated carbocycles. The van der Waals surface area contributed by atoms with Crippen molar-refractivity contribution in [3.63, 3.8) is 0 Å². The van der Waals surface area contributed by atoms with Crippen LogP contribution in [0.5, 0.6) is 0 Å². The van der Waals surface area contributed by atoms with Crippen LogP contribution in [0.1, 0.15) is 36.2 Å². The molecule has 5 rings (SSSR count). The SMILES string of the molecule is O=C(NCCC1[C@H]2CN(C(=O)CC3CCOCC3)C[C@@H]12)c1cc(-c2cccnc2)on1. The standard InChI is InChI=1S/C23H28N4O4/c28-22(10-15-4-8-30-9-5-15)27-13-18-17(19(18)14-27)3-7-25-23(29)20-11-21(31-26-20)16-2-1-6-24-12-16/h1-2,6,11-12,15,17-19H,3-5,7-10,13-14H2,(H,25,29)/t17?,18-,19+. The molecule has 31 heavy (non-hydrogen) atoms. The first-order valence-electron chi connectivity index (χ1n) is 11.2. The summed E-state index contributed by atoms with van der Waals surface area (Å²) >= 11 is 0. The smallest absolute Gasteiger partial charge is 0.273 e. The predicted octanol–water partition coefficient (Wildman–Crippen LogP) is 2.38. The molecule has 4 heterocycles. The normalized spacial score (nSPS) is 25.3. The van der Waals surface area contributed by atoms with Crippen LogP contribution in [0.4, 0.5) is 0 Å². The number of ether oxygens (including phenoxy) is 1. The Morgan fingerprint density at radius 3 is 2.74 bits per heavy atom. The Kier molecular flexibility index (Phi) is 5.72. The van der Waals surface area contributed by atoms with Crippen molar-refractivity contribution < 1.29 is 18.8 Å². The minimum atomic E-state index is -0.224. The summed E-state index contributed by atoms with van der Waals surface area (Å²) in [5.74, 6) is 2.90. The van der Waals surface area contributed by atoms with Crippen LogP contribution in [0.25, 0.3) is 11.3 Å². The molecule has 2 aromatic rings. The zero-order valence-corrected chi connectivity index (χ0v) is 17.5. The van der Waals surface area contributed by atoms with E-state index >= 15 is 0 Å². The third-order valence-electron chi connectivity index (χ3n) is 6.98. The van der Waals surface area contributed by atoms with Crippen LogP contribution in [0.15, 0.2) is 35.1 Å². The molecule has 8 heteroatoms. The molecule has 2 amide bonds. The number of carbonyl (C=O) groups excluding carboxylic acids is 2. The number of rotatable bonds is 7. The Bertz CT molecular complexity index is 913. The highest BCUT2D eigenvalue weighted by Crippen LogP contribution is 2.53. The van der Waals surface area contributed by atoms with E-state index in [1.165, 1.54) is 0 Å². The van der Waals surface area contributed by atoms with Crippen molar-refractivity contribution >= 4 is 11.8 Å². The lowest BCUT2D eigenvalue weighted by Crippen LogP contribution is -2.34. The first-order chi connectivity index (χ1) is 15.2. The maximum absolute atomic E-state index is 12.6. The van der Waals surface area contributed by atoms with Crippen LogP contribution in [-0.2, 0) is 9.53 Å². The Labute approximate surface area is 181 Å². The first-order valence-corrected chi connectivity index (χ1v) is 11.2. The average Bonchev–Trinajstić information content (AvgIpc) is 3.19. The molecule has 8 nitrogen and oxygen atoms in total. The second-order valence-electron chi connectivity index (χ2n) is 8.91. The summed E-state index contributed by atoms with van der Waals surface area (Å²) in [5, 5.41) is 6.82. The van der Waals surface area contributed by atoms with Gasteiger partial charge < -0.3 is 19.5 Å². The topological polar surface area (TPSA) is 97.6 Å². The quantitative estimate of drug-likeness (QED) is 0.733. The highest BCUT2D eigenvalue weighted by molar-refractivity contribution is 5.93. The van der Waals surface area contributed by atoms with Gasteiger partial charge >= 0.3 is 0 Å². The minimum absolute atomic E-state index is 0.224. The van der Waals surface area contributed by atoms with Crippen molar-refractivity contribution in [2.24, 2.45) is 23.7 Å². The number of likely N-dealkylation sites (tertiary alicyclic amines) is 1. The summed E-state index contributed by atoms with van der Waals surface area (Å²) in [6.07, 6.45) is 6.97. The summed E-state index contributed by atoms with van der Waals surface area (Å²) in [5.41, 5.74) is 1.07. The van der Waals surface area contributed by atoms with Crippen molar-refractivity contribution in [1.29, 1.82) is 0 Å². The van der Waals surface area contributed by atoms with Crippen molar-refractivity contribution in [2.45, 2.75) is 25.7 Å². The molecule has 2 aliphatic heterocycles. The second kappa shape index (κ2) is 8.78. The summed E-state index contributed by atoms with van der Waals surface area (Å²) < 4.78 is 10.6. The largest absolute Gasteiger partial charge is 0.381 e. The fourth-order valence-electron chi connectivity index (χ4n) is 5.08. The lowest BCUT2D eigenvalue weighted by atomic mass is 9.96. The van der Waals surface area contributed by atoms with Crippen LogP contribution in [0.2, 0.25) is 0 Å². The Morgan fingerprint density at radius 1 is 1.19 bits per heavy atom. The van der Waals surface area contributed by atoms with Gasteiger partial charge in [-0.2, -0.15) is 0 Å². The van der Waals surface area contributed by atoms with Crippen LogP contribution < -0.4 is 5.32 Å². The number of fused-ring (bicyclic) bond motifs is 1. The first kappa shape index (κ1) is 20.2. The molecule has 1 unspecified atom stereocenters. The number of nitrogens with zero attached hydrogens (tertiary/aromatic N) is 3. The lowest BCUT2D eigenvalue weighted by Gasteiger charge is -2.25. The number of amides is 2. The Hall–Kier alpha value is -2.74. The van der Waals surface area contributed by atoms with Gasteiger partial charge in [0, 0.05) is 63.3 Å². The summed E-state index contributed by atoms with van der Waals surface area (Å²) in [6.45, 7) is 3.94. The number of nitrogens with one attached hydrogen (secondary N) is 1. The molecule has 0 bridgehead atoms. The van der Waals surface area contributed by atoms with Gasteiger partial charge in [0.1, 0.15) is 0 Å². The van der Waals surface area contributed by atoms with Gasteiger partial charge in [-0.05, 0) is 55.1 Å². The molecule has 3 fully saturated rings. The molecule has 3 atom stereocenters. The minimum Gasteiger partial charge on any atom is -0.381 e. The van der Waals surface area contributed by atoms with Gasteiger partial charge in [0.25, 0.3) is 5.91 Å².